The Balaban J connectivity index is 2.01. The van der Waals surface area contributed by atoms with Crippen molar-refractivity contribution in [3.63, 3.8) is 0 Å². The summed E-state index contributed by atoms with van der Waals surface area (Å²) in [5, 5.41) is 3.84. The number of hydrogen-bond donors (Lipinski definition) is 1. The Bertz CT molecular complexity index is 762. The minimum Gasteiger partial charge on any atom is -0.200 e. The summed E-state index contributed by atoms with van der Waals surface area (Å²) >= 11 is 0. The first kappa shape index (κ1) is 17.2. The highest BCUT2D eigenvalue weighted by atomic mass is 32.2. The highest BCUT2D eigenvalue weighted by molar-refractivity contribution is 7.89. The fourth-order valence-electron chi connectivity index (χ4n) is 2.15. The SMILES string of the molecule is Cc1ccc(S(=O)(=O)N/N=C/c2ccc(CC(C)C)cc2)cc1. The van der Waals surface area contributed by atoms with Gasteiger partial charge in [0.15, 0.2) is 0 Å². The number of aryl methyl sites for hydroxylation is 1. The average molecular weight is 330 g/mol. The maximum Gasteiger partial charge on any atom is 0.276 e. The van der Waals surface area contributed by atoms with Crippen LogP contribution in [0.1, 0.15) is 30.5 Å². The lowest BCUT2D eigenvalue weighted by Crippen LogP contribution is -2.18. The Morgan fingerprint density at radius 1 is 1.04 bits per heavy atom. The summed E-state index contributed by atoms with van der Waals surface area (Å²) in [5.41, 5.74) is 3.12. The van der Waals surface area contributed by atoms with Crippen molar-refractivity contribution in [2.75, 3.05) is 0 Å². The molecule has 0 aliphatic rings. The third kappa shape index (κ3) is 5.21. The van der Waals surface area contributed by atoms with Crippen LogP contribution in [0.4, 0.5) is 0 Å². The maximum absolute atomic E-state index is 12.1. The van der Waals surface area contributed by atoms with Crippen molar-refractivity contribution in [3.05, 3.63) is 65.2 Å². The van der Waals surface area contributed by atoms with Gasteiger partial charge in [0.2, 0.25) is 0 Å². The molecule has 0 heterocycles. The zero-order chi connectivity index (χ0) is 16.9. The molecule has 0 unspecified atom stereocenters. The summed E-state index contributed by atoms with van der Waals surface area (Å²) < 4.78 is 24.2. The van der Waals surface area contributed by atoms with Gasteiger partial charge in [-0.25, -0.2) is 4.83 Å². The van der Waals surface area contributed by atoms with Crippen LogP contribution in [-0.2, 0) is 16.4 Å². The average Bonchev–Trinajstić information content (AvgIpc) is 2.49. The van der Waals surface area contributed by atoms with E-state index in [2.05, 4.69) is 23.8 Å². The predicted octanol–water partition coefficient (Wildman–Crippen LogP) is 3.51. The molecule has 0 aliphatic carbocycles. The highest BCUT2D eigenvalue weighted by Gasteiger charge is 2.11. The predicted molar refractivity (Wildman–Crippen MR) is 94.1 cm³/mol. The van der Waals surface area contributed by atoms with Crippen molar-refractivity contribution in [1.29, 1.82) is 0 Å². The van der Waals surface area contributed by atoms with E-state index in [1.807, 2.05) is 31.2 Å². The first-order valence-corrected chi connectivity index (χ1v) is 9.05. The Morgan fingerprint density at radius 3 is 2.22 bits per heavy atom. The molecule has 1 N–H and O–H groups in total. The standard InChI is InChI=1S/C18H22N2O2S/c1-14(2)12-16-6-8-17(9-7-16)13-19-20-23(21,22)18-10-4-15(3)5-11-18/h4-11,13-14,20H,12H2,1-3H3/b19-13+. The molecule has 0 spiro atoms. The Hall–Kier alpha value is -2.14. The number of nitrogens with zero attached hydrogens (tertiary/aromatic N) is 1. The van der Waals surface area contributed by atoms with Gasteiger partial charge in [-0.15, -0.1) is 0 Å². The van der Waals surface area contributed by atoms with Crippen LogP contribution < -0.4 is 4.83 Å². The van der Waals surface area contributed by atoms with Gasteiger partial charge in [0.1, 0.15) is 0 Å². The zero-order valence-electron chi connectivity index (χ0n) is 13.7. The Labute approximate surface area is 138 Å². The highest BCUT2D eigenvalue weighted by Crippen LogP contribution is 2.10. The lowest BCUT2D eigenvalue weighted by Gasteiger charge is -2.05. The van der Waals surface area contributed by atoms with Crippen LogP contribution in [0.25, 0.3) is 0 Å². The maximum atomic E-state index is 12.1. The third-order valence-electron chi connectivity index (χ3n) is 3.34. The molecule has 0 fully saturated rings. The van der Waals surface area contributed by atoms with E-state index in [-0.39, 0.29) is 4.90 Å². The van der Waals surface area contributed by atoms with Crippen LogP contribution in [0.3, 0.4) is 0 Å². The van der Waals surface area contributed by atoms with Gasteiger partial charge in [-0.2, -0.15) is 13.5 Å². The summed E-state index contributed by atoms with van der Waals surface area (Å²) in [4.78, 5) is 2.43. The molecule has 23 heavy (non-hydrogen) atoms. The first-order valence-electron chi connectivity index (χ1n) is 7.57. The Kier molecular flexibility index (Phi) is 5.55. The van der Waals surface area contributed by atoms with Gasteiger partial charge in [0, 0.05) is 0 Å². The second-order valence-electron chi connectivity index (χ2n) is 6.01. The molecule has 0 atom stereocenters. The van der Waals surface area contributed by atoms with E-state index in [0.717, 1.165) is 17.5 Å². The first-order chi connectivity index (χ1) is 10.9. The Morgan fingerprint density at radius 2 is 1.65 bits per heavy atom. The van der Waals surface area contributed by atoms with Crippen molar-refractivity contribution >= 4 is 16.2 Å². The lowest BCUT2D eigenvalue weighted by atomic mass is 10.0. The molecular formula is C18H22N2O2S. The third-order valence-corrected chi connectivity index (χ3v) is 4.58. The van der Waals surface area contributed by atoms with E-state index in [0.29, 0.717) is 5.92 Å². The molecule has 122 valence electrons. The molecular weight excluding hydrogens is 308 g/mol. The van der Waals surface area contributed by atoms with Crippen LogP contribution in [0, 0.1) is 12.8 Å². The normalized spacial score (nSPS) is 12.0. The molecule has 0 aliphatic heterocycles. The number of rotatable bonds is 6. The fourth-order valence-corrected chi connectivity index (χ4v) is 2.94. The molecule has 2 aromatic carbocycles. The largest absolute Gasteiger partial charge is 0.276 e. The summed E-state index contributed by atoms with van der Waals surface area (Å²) in [5.74, 6) is 0.607. The van der Waals surface area contributed by atoms with Gasteiger partial charge in [-0.3, -0.25) is 0 Å². The second kappa shape index (κ2) is 7.42. The van der Waals surface area contributed by atoms with E-state index >= 15 is 0 Å². The van der Waals surface area contributed by atoms with Crippen molar-refractivity contribution in [2.45, 2.75) is 32.1 Å². The minimum absolute atomic E-state index is 0.201. The van der Waals surface area contributed by atoms with E-state index in [1.165, 1.54) is 11.8 Å². The molecule has 4 nitrogen and oxygen atoms in total. The second-order valence-corrected chi connectivity index (χ2v) is 7.67. The van der Waals surface area contributed by atoms with Crippen LogP contribution in [-0.4, -0.2) is 14.6 Å². The van der Waals surface area contributed by atoms with Gasteiger partial charge >= 0.3 is 0 Å². The van der Waals surface area contributed by atoms with Crippen molar-refractivity contribution in [1.82, 2.24) is 4.83 Å². The monoisotopic (exact) mass is 330 g/mol. The zero-order valence-corrected chi connectivity index (χ0v) is 14.5. The molecule has 0 amide bonds. The van der Waals surface area contributed by atoms with Gasteiger partial charge < -0.3 is 0 Å². The number of nitrogens with one attached hydrogen (secondary N) is 1. The quantitative estimate of drug-likeness (QED) is 0.651. The molecule has 2 aromatic rings. The summed E-state index contributed by atoms with van der Waals surface area (Å²) in [6.45, 7) is 6.26. The van der Waals surface area contributed by atoms with Gasteiger partial charge in [-0.05, 0) is 42.5 Å². The van der Waals surface area contributed by atoms with Crippen LogP contribution >= 0.6 is 0 Å². The molecule has 0 aromatic heterocycles. The van der Waals surface area contributed by atoms with E-state index in [4.69, 9.17) is 0 Å². The number of sulfonamides is 1. The molecule has 0 radical (unpaired) electrons. The van der Waals surface area contributed by atoms with Crippen LogP contribution in [0.2, 0.25) is 0 Å². The lowest BCUT2D eigenvalue weighted by molar-refractivity contribution is 0.584. The van der Waals surface area contributed by atoms with Crippen molar-refractivity contribution in [2.24, 2.45) is 11.0 Å². The van der Waals surface area contributed by atoms with Gasteiger partial charge in [0.25, 0.3) is 10.0 Å². The number of benzene rings is 2. The van der Waals surface area contributed by atoms with E-state index in [1.54, 1.807) is 24.3 Å². The van der Waals surface area contributed by atoms with Crippen LogP contribution in [0.5, 0.6) is 0 Å². The van der Waals surface area contributed by atoms with Gasteiger partial charge in [-0.1, -0.05) is 55.8 Å². The molecule has 2 rings (SSSR count). The van der Waals surface area contributed by atoms with Gasteiger partial charge in [0.05, 0.1) is 11.1 Å². The van der Waals surface area contributed by atoms with Crippen molar-refractivity contribution < 1.29 is 8.42 Å². The molecule has 0 saturated carbocycles. The smallest absolute Gasteiger partial charge is 0.200 e. The topological polar surface area (TPSA) is 58.5 Å². The summed E-state index contributed by atoms with van der Waals surface area (Å²) in [6, 6.07) is 14.6. The summed E-state index contributed by atoms with van der Waals surface area (Å²) in [6.07, 6.45) is 2.53. The van der Waals surface area contributed by atoms with Crippen molar-refractivity contribution in [3.8, 4) is 0 Å². The molecule has 0 saturated heterocycles. The van der Waals surface area contributed by atoms with E-state index < -0.39 is 10.0 Å². The van der Waals surface area contributed by atoms with E-state index in [9.17, 15) is 8.42 Å². The summed E-state index contributed by atoms with van der Waals surface area (Å²) in [7, 11) is -3.62. The number of hydrazone groups is 1. The minimum atomic E-state index is -3.62. The fraction of sp³-hybridized carbons (Fsp3) is 0.278. The number of hydrogen-bond acceptors (Lipinski definition) is 3. The molecule has 0 bridgehead atoms. The molecule has 5 heteroatoms. The van der Waals surface area contributed by atoms with Crippen LogP contribution in [0.15, 0.2) is 58.5 Å².